The predicted molar refractivity (Wildman–Crippen MR) is 87.5 cm³/mol. The van der Waals surface area contributed by atoms with Gasteiger partial charge in [0.1, 0.15) is 19.0 Å². The summed E-state index contributed by atoms with van der Waals surface area (Å²) in [5.41, 5.74) is 0.478. The molecule has 0 radical (unpaired) electrons. The minimum atomic E-state index is -3.83. The molecule has 0 heterocycles. The van der Waals surface area contributed by atoms with Crippen molar-refractivity contribution >= 4 is 27.6 Å². The topological polar surface area (TPSA) is 63.7 Å². The van der Waals surface area contributed by atoms with E-state index in [9.17, 15) is 17.6 Å². The van der Waals surface area contributed by atoms with Crippen LogP contribution in [0.25, 0.3) is 0 Å². The van der Waals surface area contributed by atoms with Gasteiger partial charge in [-0.2, -0.15) is 4.31 Å². The molecular weight excluding hydrogens is 357 g/mol. The van der Waals surface area contributed by atoms with E-state index in [0.717, 1.165) is 4.31 Å². The van der Waals surface area contributed by atoms with Crippen LogP contribution in [0.5, 0.6) is 0 Å². The number of rotatable bonds is 6. The molecule has 0 saturated carbocycles. The van der Waals surface area contributed by atoms with Crippen molar-refractivity contribution in [2.45, 2.75) is 11.5 Å². The van der Waals surface area contributed by atoms with Crippen LogP contribution < -0.4 is 0 Å². The summed E-state index contributed by atoms with van der Waals surface area (Å²) in [6, 6.07) is 11.2. The highest BCUT2D eigenvalue weighted by Gasteiger charge is 2.23. The lowest BCUT2D eigenvalue weighted by Gasteiger charge is -2.16. The smallest absolute Gasteiger partial charge is 0.321 e. The van der Waals surface area contributed by atoms with Gasteiger partial charge in [0.2, 0.25) is 10.0 Å². The quantitative estimate of drug-likeness (QED) is 0.732. The largest absolute Gasteiger partial charge is 0.460 e. The lowest BCUT2D eigenvalue weighted by molar-refractivity contribution is -0.144. The van der Waals surface area contributed by atoms with Gasteiger partial charge in [0.15, 0.2) is 0 Å². The second-order valence-corrected chi connectivity index (χ2v) is 7.49. The van der Waals surface area contributed by atoms with Crippen LogP contribution in [0.4, 0.5) is 4.39 Å². The third-order valence-electron chi connectivity index (χ3n) is 3.16. The Bertz CT molecular complexity index is 824. The third-order valence-corrected chi connectivity index (χ3v) is 5.23. The van der Waals surface area contributed by atoms with Gasteiger partial charge in [-0.1, -0.05) is 23.7 Å². The monoisotopic (exact) mass is 371 g/mol. The van der Waals surface area contributed by atoms with Crippen LogP contribution in [0.2, 0.25) is 5.02 Å². The molecule has 0 aromatic heterocycles. The normalized spacial score (nSPS) is 11.5. The molecule has 0 unspecified atom stereocenters. The molecule has 0 N–H and O–H groups in total. The number of ether oxygens (including phenoxy) is 1. The number of carbonyl (C=O) groups excluding carboxylic acids is 1. The molecule has 0 aliphatic heterocycles. The molecule has 0 spiro atoms. The van der Waals surface area contributed by atoms with Gasteiger partial charge in [-0.05, 0) is 42.0 Å². The van der Waals surface area contributed by atoms with E-state index >= 15 is 0 Å². The number of benzene rings is 2. The van der Waals surface area contributed by atoms with Gasteiger partial charge >= 0.3 is 5.97 Å². The van der Waals surface area contributed by atoms with Gasteiger partial charge in [-0.3, -0.25) is 4.79 Å². The SMILES string of the molecule is CN(CC(=O)OCc1cccc(F)c1)S(=O)(=O)c1ccc(Cl)cc1. The van der Waals surface area contributed by atoms with Gasteiger partial charge in [0, 0.05) is 12.1 Å². The maximum Gasteiger partial charge on any atom is 0.321 e. The molecule has 0 bridgehead atoms. The van der Waals surface area contributed by atoms with Crippen molar-refractivity contribution in [2.75, 3.05) is 13.6 Å². The van der Waals surface area contributed by atoms with Crippen molar-refractivity contribution in [3.8, 4) is 0 Å². The molecule has 0 amide bonds. The van der Waals surface area contributed by atoms with Gasteiger partial charge < -0.3 is 4.74 Å². The first kappa shape index (κ1) is 18.4. The van der Waals surface area contributed by atoms with Crippen LogP contribution in [0.1, 0.15) is 5.56 Å². The average Bonchev–Trinajstić information content (AvgIpc) is 2.53. The first-order valence-corrected chi connectivity index (χ1v) is 8.73. The number of esters is 1. The number of nitrogens with zero attached hydrogens (tertiary/aromatic N) is 1. The summed E-state index contributed by atoms with van der Waals surface area (Å²) in [6.07, 6.45) is 0. The lowest BCUT2D eigenvalue weighted by Crippen LogP contribution is -2.33. The molecule has 128 valence electrons. The Labute approximate surface area is 144 Å². The molecule has 2 aromatic rings. The van der Waals surface area contributed by atoms with Gasteiger partial charge in [0.05, 0.1) is 4.90 Å². The molecule has 0 aliphatic rings. The fourth-order valence-electron chi connectivity index (χ4n) is 1.89. The lowest BCUT2D eigenvalue weighted by atomic mass is 10.2. The first-order chi connectivity index (χ1) is 11.3. The maximum absolute atomic E-state index is 13.0. The first-order valence-electron chi connectivity index (χ1n) is 6.91. The van der Waals surface area contributed by atoms with E-state index in [0.29, 0.717) is 10.6 Å². The van der Waals surface area contributed by atoms with Crippen LogP contribution >= 0.6 is 11.6 Å². The zero-order valence-electron chi connectivity index (χ0n) is 12.8. The minimum Gasteiger partial charge on any atom is -0.460 e. The van der Waals surface area contributed by atoms with Crippen molar-refractivity contribution < 1.29 is 22.3 Å². The van der Waals surface area contributed by atoms with E-state index in [2.05, 4.69) is 0 Å². The standard InChI is InChI=1S/C16H15ClFNO4S/c1-19(24(21,22)15-7-5-13(17)6-8-15)10-16(20)23-11-12-3-2-4-14(18)9-12/h2-9H,10-11H2,1H3. The molecule has 5 nitrogen and oxygen atoms in total. The number of hydrogen-bond acceptors (Lipinski definition) is 4. The Hall–Kier alpha value is -1.96. The molecule has 2 aromatic carbocycles. The van der Waals surface area contributed by atoms with Gasteiger partial charge in [0.25, 0.3) is 0 Å². The highest BCUT2D eigenvalue weighted by molar-refractivity contribution is 7.89. The molecule has 2 rings (SSSR count). The van der Waals surface area contributed by atoms with Crippen molar-refractivity contribution in [3.05, 3.63) is 64.9 Å². The molecule has 24 heavy (non-hydrogen) atoms. The van der Waals surface area contributed by atoms with Crippen LogP contribution in [-0.4, -0.2) is 32.3 Å². The van der Waals surface area contributed by atoms with Crippen molar-refractivity contribution in [2.24, 2.45) is 0 Å². The summed E-state index contributed by atoms with van der Waals surface area (Å²) in [5.74, 6) is -1.18. The number of likely N-dealkylation sites (N-methyl/N-ethyl adjacent to an activating group) is 1. The van der Waals surface area contributed by atoms with E-state index in [-0.39, 0.29) is 11.5 Å². The van der Waals surface area contributed by atoms with Crippen molar-refractivity contribution in [1.29, 1.82) is 0 Å². The third kappa shape index (κ3) is 4.77. The molecule has 0 saturated heterocycles. The second kappa shape index (κ2) is 7.74. The van der Waals surface area contributed by atoms with Crippen LogP contribution in [0.3, 0.4) is 0 Å². The zero-order valence-corrected chi connectivity index (χ0v) is 14.3. The Balaban J connectivity index is 1.96. The average molecular weight is 372 g/mol. The summed E-state index contributed by atoms with van der Waals surface area (Å²) < 4.78 is 43.5. The molecule has 0 fully saturated rings. The highest BCUT2D eigenvalue weighted by Crippen LogP contribution is 2.17. The van der Waals surface area contributed by atoms with Crippen LogP contribution in [0.15, 0.2) is 53.4 Å². The predicted octanol–water partition coefficient (Wildman–Crippen LogP) is 2.84. The Morgan fingerprint density at radius 3 is 2.50 bits per heavy atom. The molecular formula is C16H15ClFNO4S. The van der Waals surface area contributed by atoms with Crippen molar-refractivity contribution in [3.63, 3.8) is 0 Å². The number of hydrogen-bond donors (Lipinski definition) is 0. The summed E-state index contributed by atoms with van der Waals surface area (Å²) in [4.78, 5) is 11.8. The van der Waals surface area contributed by atoms with Crippen molar-refractivity contribution in [1.82, 2.24) is 4.31 Å². The summed E-state index contributed by atoms with van der Waals surface area (Å²) in [5, 5.41) is 0.408. The molecule has 8 heteroatoms. The summed E-state index contributed by atoms with van der Waals surface area (Å²) in [6.45, 7) is -0.592. The van der Waals surface area contributed by atoms with E-state index in [1.54, 1.807) is 6.07 Å². The summed E-state index contributed by atoms with van der Waals surface area (Å²) >= 11 is 5.73. The van der Waals surface area contributed by atoms with Crippen LogP contribution in [-0.2, 0) is 26.2 Å². The fraction of sp³-hybridized carbons (Fsp3) is 0.188. The molecule has 0 aliphatic carbocycles. The number of carbonyl (C=O) groups is 1. The van der Waals surface area contributed by atoms with E-state index in [1.165, 1.54) is 49.5 Å². The zero-order chi connectivity index (χ0) is 17.7. The van der Waals surface area contributed by atoms with Gasteiger partial charge in [-0.15, -0.1) is 0 Å². The van der Waals surface area contributed by atoms with Gasteiger partial charge in [-0.25, -0.2) is 12.8 Å². The van der Waals surface area contributed by atoms with Crippen LogP contribution in [0, 0.1) is 5.82 Å². The minimum absolute atomic E-state index is 0.0207. The number of sulfonamides is 1. The highest BCUT2D eigenvalue weighted by atomic mass is 35.5. The Morgan fingerprint density at radius 2 is 1.88 bits per heavy atom. The van der Waals surface area contributed by atoms with E-state index in [4.69, 9.17) is 16.3 Å². The van der Waals surface area contributed by atoms with E-state index < -0.39 is 28.4 Å². The van der Waals surface area contributed by atoms with E-state index in [1.807, 2.05) is 0 Å². The number of halogens is 2. The maximum atomic E-state index is 13.0. The fourth-order valence-corrected chi connectivity index (χ4v) is 3.13. The second-order valence-electron chi connectivity index (χ2n) is 5.01. The molecule has 0 atom stereocenters. The Kier molecular flexibility index (Phi) is 5.93. The summed E-state index contributed by atoms with van der Waals surface area (Å²) in [7, 11) is -2.56. The Morgan fingerprint density at radius 1 is 1.21 bits per heavy atom.